The van der Waals surface area contributed by atoms with Gasteiger partial charge in [-0.1, -0.05) is 37.6 Å². The first-order valence-electron chi connectivity index (χ1n) is 7.06. The second kappa shape index (κ2) is 6.20. The van der Waals surface area contributed by atoms with E-state index >= 15 is 0 Å². The van der Waals surface area contributed by atoms with Crippen molar-refractivity contribution < 1.29 is 9.90 Å². The number of carbonyl (C=O) groups is 1. The number of benzene rings is 1. The van der Waals surface area contributed by atoms with E-state index in [0.717, 1.165) is 12.5 Å². The quantitative estimate of drug-likeness (QED) is 0.855. The standard InChI is InChI=1S/C16H23NO2/c1-12(16(18)19)10-17(2)11-13-6-8-15(9-7-13)14-4-3-5-14/h6-9,12,14H,3-5,10-11H2,1-2H3,(H,18,19). The molecule has 0 saturated heterocycles. The molecule has 0 aromatic heterocycles. The van der Waals surface area contributed by atoms with E-state index in [0.29, 0.717) is 6.54 Å². The van der Waals surface area contributed by atoms with Gasteiger partial charge in [-0.3, -0.25) is 4.79 Å². The van der Waals surface area contributed by atoms with E-state index in [4.69, 9.17) is 5.11 Å². The molecular weight excluding hydrogens is 238 g/mol. The van der Waals surface area contributed by atoms with E-state index in [2.05, 4.69) is 29.2 Å². The normalized spacial score (nSPS) is 17.2. The van der Waals surface area contributed by atoms with Gasteiger partial charge in [-0.05, 0) is 36.9 Å². The summed E-state index contributed by atoms with van der Waals surface area (Å²) < 4.78 is 0. The highest BCUT2D eigenvalue weighted by molar-refractivity contribution is 5.69. The van der Waals surface area contributed by atoms with Crippen molar-refractivity contribution >= 4 is 5.97 Å². The van der Waals surface area contributed by atoms with Crippen LogP contribution in [0.3, 0.4) is 0 Å². The van der Waals surface area contributed by atoms with E-state index in [1.807, 2.05) is 7.05 Å². The molecule has 0 heterocycles. The monoisotopic (exact) mass is 261 g/mol. The van der Waals surface area contributed by atoms with Crippen LogP contribution in [-0.4, -0.2) is 29.6 Å². The Bertz CT molecular complexity index is 423. The Morgan fingerprint density at radius 2 is 2.00 bits per heavy atom. The van der Waals surface area contributed by atoms with Crippen LogP contribution in [0.2, 0.25) is 0 Å². The average molecular weight is 261 g/mol. The summed E-state index contributed by atoms with van der Waals surface area (Å²) >= 11 is 0. The molecule has 104 valence electrons. The summed E-state index contributed by atoms with van der Waals surface area (Å²) in [5, 5.41) is 8.90. The van der Waals surface area contributed by atoms with Crippen molar-refractivity contribution in [2.75, 3.05) is 13.6 Å². The number of hydrogen-bond acceptors (Lipinski definition) is 2. The van der Waals surface area contributed by atoms with Gasteiger partial charge < -0.3 is 10.0 Å². The van der Waals surface area contributed by atoms with Gasteiger partial charge >= 0.3 is 5.97 Å². The van der Waals surface area contributed by atoms with E-state index in [9.17, 15) is 4.79 Å². The van der Waals surface area contributed by atoms with Gasteiger partial charge in [0, 0.05) is 13.1 Å². The summed E-state index contributed by atoms with van der Waals surface area (Å²) in [6, 6.07) is 8.81. The number of rotatable bonds is 6. The van der Waals surface area contributed by atoms with Crippen molar-refractivity contribution in [1.82, 2.24) is 4.90 Å². The minimum Gasteiger partial charge on any atom is -0.481 e. The SMILES string of the molecule is CC(CN(C)Cc1ccc(C2CCC2)cc1)C(=O)O. The summed E-state index contributed by atoms with van der Waals surface area (Å²) in [4.78, 5) is 12.9. The highest BCUT2D eigenvalue weighted by Gasteiger charge is 2.19. The molecular formula is C16H23NO2. The molecule has 0 radical (unpaired) electrons. The molecule has 2 rings (SSSR count). The molecule has 1 atom stereocenters. The first kappa shape index (κ1) is 14.1. The third-order valence-electron chi connectivity index (χ3n) is 4.02. The lowest BCUT2D eigenvalue weighted by Crippen LogP contribution is -2.28. The number of nitrogens with zero attached hydrogens (tertiary/aromatic N) is 1. The lowest BCUT2D eigenvalue weighted by molar-refractivity contribution is -0.141. The van der Waals surface area contributed by atoms with Gasteiger partial charge in [0.1, 0.15) is 0 Å². The van der Waals surface area contributed by atoms with Gasteiger partial charge in [0.05, 0.1) is 5.92 Å². The molecule has 0 aliphatic heterocycles. The predicted octanol–water partition coefficient (Wildman–Crippen LogP) is 3.11. The van der Waals surface area contributed by atoms with Crippen LogP contribution in [0.25, 0.3) is 0 Å². The summed E-state index contributed by atoms with van der Waals surface area (Å²) in [5.41, 5.74) is 2.71. The van der Waals surface area contributed by atoms with E-state index in [-0.39, 0.29) is 5.92 Å². The lowest BCUT2D eigenvalue weighted by atomic mass is 9.80. The van der Waals surface area contributed by atoms with Crippen LogP contribution >= 0.6 is 0 Å². The molecule has 1 N–H and O–H groups in total. The largest absolute Gasteiger partial charge is 0.481 e. The maximum absolute atomic E-state index is 10.8. The zero-order valence-electron chi connectivity index (χ0n) is 11.8. The molecule has 1 aromatic rings. The van der Waals surface area contributed by atoms with Crippen molar-refractivity contribution in [3.63, 3.8) is 0 Å². The fourth-order valence-corrected chi connectivity index (χ4v) is 2.56. The van der Waals surface area contributed by atoms with Crippen LogP contribution in [0, 0.1) is 5.92 Å². The Hall–Kier alpha value is -1.35. The first-order chi connectivity index (χ1) is 9.06. The van der Waals surface area contributed by atoms with E-state index in [1.54, 1.807) is 6.92 Å². The highest BCUT2D eigenvalue weighted by Crippen LogP contribution is 2.36. The van der Waals surface area contributed by atoms with Gasteiger partial charge in [-0.15, -0.1) is 0 Å². The molecule has 3 heteroatoms. The van der Waals surface area contributed by atoms with Gasteiger partial charge in [-0.25, -0.2) is 0 Å². The van der Waals surface area contributed by atoms with Crippen LogP contribution in [0.4, 0.5) is 0 Å². The number of carboxylic acids is 1. The molecule has 0 bridgehead atoms. The van der Waals surface area contributed by atoms with Crippen LogP contribution < -0.4 is 0 Å². The smallest absolute Gasteiger partial charge is 0.307 e. The Labute approximate surface area is 115 Å². The molecule has 1 aliphatic rings. The predicted molar refractivity (Wildman–Crippen MR) is 76.2 cm³/mol. The number of aliphatic carboxylic acids is 1. The summed E-state index contributed by atoms with van der Waals surface area (Å²) in [7, 11) is 1.97. The van der Waals surface area contributed by atoms with Gasteiger partial charge in [0.2, 0.25) is 0 Å². The maximum atomic E-state index is 10.8. The first-order valence-corrected chi connectivity index (χ1v) is 7.06. The van der Waals surface area contributed by atoms with Crippen molar-refractivity contribution in [2.45, 2.75) is 38.6 Å². The second-order valence-corrected chi connectivity index (χ2v) is 5.81. The Kier molecular flexibility index (Phi) is 4.59. The summed E-state index contributed by atoms with van der Waals surface area (Å²) in [6.07, 6.45) is 4.02. The molecule has 1 unspecified atom stereocenters. The van der Waals surface area contributed by atoms with Crippen molar-refractivity contribution in [2.24, 2.45) is 5.92 Å². The van der Waals surface area contributed by atoms with Crippen LogP contribution in [0.15, 0.2) is 24.3 Å². The zero-order chi connectivity index (χ0) is 13.8. The Balaban J connectivity index is 1.86. The van der Waals surface area contributed by atoms with Crippen LogP contribution in [0.5, 0.6) is 0 Å². The fraction of sp³-hybridized carbons (Fsp3) is 0.562. The highest BCUT2D eigenvalue weighted by atomic mass is 16.4. The molecule has 0 amide bonds. The number of hydrogen-bond donors (Lipinski definition) is 1. The average Bonchev–Trinajstić information content (AvgIpc) is 2.29. The molecule has 1 aromatic carbocycles. The van der Waals surface area contributed by atoms with Gasteiger partial charge in [0.15, 0.2) is 0 Å². The maximum Gasteiger partial charge on any atom is 0.307 e. The summed E-state index contributed by atoms with van der Waals surface area (Å²) in [6.45, 7) is 3.14. The molecule has 1 aliphatic carbocycles. The zero-order valence-corrected chi connectivity index (χ0v) is 11.8. The Morgan fingerprint density at radius 1 is 1.37 bits per heavy atom. The van der Waals surface area contributed by atoms with Gasteiger partial charge in [-0.2, -0.15) is 0 Å². The third-order valence-corrected chi connectivity index (χ3v) is 4.02. The second-order valence-electron chi connectivity index (χ2n) is 5.81. The fourth-order valence-electron chi connectivity index (χ4n) is 2.56. The Morgan fingerprint density at radius 3 is 2.47 bits per heavy atom. The van der Waals surface area contributed by atoms with Crippen molar-refractivity contribution in [3.05, 3.63) is 35.4 Å². The third kappa shape index (κ3) is 3.80. The van der Waals surface area contributed by atoms with E-state index in [1.165, 1.54) is 30.4 Å². The topological polar surface area (TPSA) is 40.5 Å². The molecule has 19 heavy (non-hydrogen) atoms. The molecule has 1 fully saturated rings. The van der Waals surface area contributed by atoms with Crippen LogP contribution in [-0.2, 0) is 11.3 Å². The van der Waals surface area contributed by atoms with Crippen LogP contribution in [0.1, 0.15) is 43.2 Å². The van der Waals surface area contributed by atoms with Crippen molar-refractivity contribution in [3.8, 4) is 0 Å². The molecule has 3 nitrogen and oxygen atoms in total. The number of carboxylic acid groups (broad SMARTS) is 1. The lowest BCUT2D eigenvalue weighted by Gasteiger charge is -2.26. The van der Waals surface area contributed by atoms with E-state index < -0.39 is 5.97 Å². The molecule has 0 spiro atoms. The minimum atomic E-state index is -0.729. The molecule has 1 saturated carbocycles. The minimum absolute atomic E-state index is 0.320. The van der Waals surface area contributed by atoms with Crippen molar-refractivity contribution in [1.29, 1.82) is 0 Å². The summed E-state index contributed by atoms with van der Waals surface area (Å²) in [5.74, 6) is -0.273. The van der Waals surface area contributed by atoms with Gasteiger partial charge in [0.25, 0.3) is 0 Å².